The van der Waals surface area contributed by atoms with E-state index in [1.165, 1.54) is 0 Å². The van der Waals surface area contributed by atoms with E-state index in [0.29, 0.717) is 12.2 Å². The third kappa shape index (κ3) is 2.72. The maximum atomic E-state index is 10.6. The highest BCUT2D eigenvalue weighted by molar-refractivity contribution is 5.77. The molecule has 2 nitrogen and oxygen atoms in total. The van der Waals surface area contributed by atoms with E-state index in [0.717, 1.165) is 23.2 Å². The second-order valence-electron chi connectivity index (χ2n) is 3.70. The van der Waals surface area contributed by atoms with E-state index in [9.17, 15) is 4.79 Å². The Kier molecular flexibility index (Phi) is 3.55. The van der Waals surface area contributed by atoms with Crippen LogP contribution in [0.4, 0.5) is 0 Å². The molecule has 0 saturated carbocycles. The summed E-state index contributed by atoms with van der Waals surface area (Å²) in [5, 5.41) is 0. The Balaban J connectivity index is 2.31. The van der Waals surface area contributed by atoms with Crippen LogP contribution >= 0.6 is 0 Å². The molecule has 0 heterocycles. The molecule has 0 aliphatic carbocycles. The fraction of sp³-hybridized carbons (Fsp3) is 0.133. The zero-order valence-electron chi connectivity index (χ0n) is 9.72. The van der Waals surface area contributed by atoms with Crippen molar-refractivity contribution in [1.29, 1.82) is 0 Å². The van der Waals surface area contributed by atoms with Gasteiger partial charge in [-0.05, 0) is 30.2 Å². The number of aldehydes is 1. The topological polar surface area (TPSA) is 26.3 Å². The fourth-order valence-electron chi connectivity index (χ4n) is 1.69. The van der Waals surface area contributed by atoms with Gasteiger partial charge in [0.25, 0.3) is 0 Å². The molecule has 0 radical (unpaired) electrons. The summed E-state index contributed by atoms with van der Waals surface area (Å²) in [6.07, 6.45) is 0.848. The first-order valence-electron chi connectivity index (χ1n) is 5.62. The molecule has 0 aliphatic heterocycles. The van der Waals surface area contributed by atoms with Gasteiger partial charge in [0.15, 0.2) is 0 Å². The van der Waals surface area contributed by atoms with Gasteiger partial charge >= 0.3 is 0 Å². The Morgan fingerprint density at radius 3 is 2.47 bits per heavy atom. The van der Waals surface area contributed by atoms with E-state index in [1.807, 2.05) is 55.5 Å². The third-order valence-electron chi connectivity index (χ3n) is 2.53. The summed E-state index contributed by atoms with van der Waals surface area (Å²) < 4.78 is 5.46. The van der Waals surface area contributed by atoms with E-state index in [-0.39, 0.29) is 0 Å². The van der Waals surface area contributed by atoms with Crippen molar-refractivity contribution in [2.45, 2.75) is 6.92 Å². The van der Waals surface area contributed by atoms with Crippen LogP contribution < -0.4 is 4.74 Å². The average molecular weight is 226 g/mol. The summed E-state index contributed by atoms with van der Waals surface area (Å²) in [7, 11) is 0. The highest BCUT2D eigenvalue weighted by Crippen LogP contribution is 2.23. The number of ether oxygens (including phenoxy) is 1. The predicted octanol–water partition coefficient (Wildman–Crippen LogP) is 3.56. The Labute approximate surface area is 101 Å². The minimum absolute atomic E-state index is 0.660. The van der Waals surface area contributed by atoms with Crippen molar-refractivity contribution >= 4 is 6.29 Å². The Morgan fingerprint density at radius 2 is 1.82 bits per heavy atom. The average Bonchev–Trinajstić information content (AvgIpc) is 2.40. The quantitative estimate of drug-likeness (QED) is 0.745. The van der Waals surface area contributed by atoms with Crippen molar-refractivity contribution < 1.29 is 9.53 Å². The van der Waals surface area contributed by atoms with E-state index in [4.69, 9.17) is 4.74 Å². The lowest BCUT2D eigenvalue weighted by atomic mass is 10.0. The van der Waals surface area contributed by atoms with E-state index in [1.54, 1.807) is 0 Å². The number of rotatable bonds is 4. The molecule has 2 aromatic rings. The molecule has 0 aliphatic rings. The van der Waals surface area contributed by atoms with Gasteiger partial charge in [0.1, 0.15) is 12.0 Å². The molecule has 86 valence electrons. The predicted molar refractivity (Wildman–Crippen MR) is 68.4 cm³/mol. The molecule has 2 aromatic carbocycles. The second-order valence-corrected chi connectivity index (χ2v) is 3.70. The van der Waals surface area contributed by atoms with Gasteiger partial charge in [-0.25, -0.2) is 0 Å². The van der Waals surface area contributed by atoms with E-state index in [2.05, 4.69) is 0 Å². The molecule has 2 heteroatoms. The molecule has 0 N–H and O–H groups in total. The summed E-state index contributed by atoms with van der Waals surface area (Å²) in [4.78, 5) is 10.6. The molecule has 0 spiro atoms. The van der Waals surface area contributed by atoms with Crippen LogP contribution in [0, 0.1) is 0 Å². The van der Waals surface area contributed by atoms with Crippen molar-refractivity contribution in [3.63, 3.8) is 0 Å². The monoisotopic (exact) mass is 226 g/mol. The smallest absolute Gasteiger partial charge is 0.150 e. The van der Waals surface area contributed by atoms with E-state index < -0.39 is 0 Å². The molecular formula is C15H14O2. The van der Waals surface area contributed by atoms with Gasteiger partial charge < -0.3 is 4.74 Å². The zero-order valence-corrected chi connectivity index (χ0v) is 9.72. The lowest BCUT2D eigenvalue weighted by molar-refractivity contribution is 0.112. The van der Waals surface area contributed by atoms with Gasteiger partial charge in [-0.2, -0.15) is 0 Å². The normalized spacial score (nSPS) is 9.94. The van der Waals surface area contributed by atoms with E-state index >= 15 is 0 Å². The first-order chi connectivity index (χ1) is 8.33. The molecular weight excluding hydrogens is 212 g/mol. The highest BCUT2D eigenvalue weighted by Gasteiger charge is 1.99. The van der Waals surface area contributed by atoms with Crippen molar-refractivity contribution in [3.05, 3.63) is 54.1 Å². The summed E-state index contributed by atoms with van der Waals surface area (Å²) >= 11 is 0. The van der Waals surface area contributed by atoms with Gasteiger partial charge in [0, 0.05) is 5.56 Å². The van der Waals surface area contributed by atoms with Crippen molar-refractivity contribution in [2.75, 3.05) is 6.61 Å². The molecule has 0 unspecified atom stereocenters. The molecule has 17 heavy (non-hydrogen) atoms. The molecule has 0 bridgehead atoms. The summed E-state index contributed by atoms with van der Waals surface area (Å²) in [5.41, 5.74) is 2.86. The van der Waals surface area contributed by atoms with Crippen LogP contribution in [0.5, 0.6) is 5.75 Å². The van der Waals surface area contributed by atoms with Gasteiger partial charge in [-0.3, -0.25) is 4.79 Å². The third-order valence-corrected chi connectivity index (χ3v) is 2.53. The number of benzene rings is 2. The maximum absolute atomic E-state index is 10.6. The molecule has 0 saturated heterocycles. The highest BCUT2D eigenvalue weighted by atomic mass is 16.5. The SMILES string of the molecule is CCOc1cccc(-c2ccc(C=O)cc2)c1. The lowest BCUT2D eigenvalue weighted by Crippen LogP contribution is -1.91. The summed E-state index contributed by atoms with van der Waals surface area (Å²) in [6, 6.07) is 15.4. The van der Waals surface area contributed by atoms with Gasteiger partial charge in [0.2, 0.25) is 0 Å². The molecule has 0 amide bonds. The number of hydrogen-bond acceptors (Lipinski definition) is 2. The molecule has 2 rings (SSSR count). The largest absolute Gasteiger partial charge is 0.494 e. The van der Waals surface area contributed by atoms with Crippen molar-refractivity contribution in [3.8, 4) is 16.9 Å². The van der Waals surface area contributed by atoms with Gasteiger partial charge in [-0.15, -0.1) is 0 Å². The standard InChI is InChI=1S/C15H14O2/c1-2-17-15-5-3-4-14(10-15)13-8-6-12(11-16)7-9-13/h3-11H,2H2,1H3. The van der Waals surface area contributed by atoms with Crippen LogP contribution in [0.1, 0.15) is 17.3 Å². The lowest BCUT2D eigenvalue weighted by Gasteiger charge is -2.06. The zero-order chi connectivity index (χ0) is 12.1. The minimum Gasteiger partial charge on any atom is -0.494 e. The summed E-state index contributed by atoms with van der Waals surface area (Å²) in [6.45, 7) is 2.62. The van der Waals surface area contributed by atoms with Crippen LogP contribution in [0.2, 0.25) is 0 Å². The second kappa shape index (κ2) is 5.30. The Bertz CT molecular complexity index is 501. The molecule has 0 aromatic heterocycles. The Hall–Kier alpha value is -2.09. The maximum Gasteiger partial charge on any atom is 0.150 e. The molecule has 0 atom stereocenters. The van der Waals surface area contributed by atoms with Crippen molar-refractivity contribution in [1.82, 2.24) is 0 Å². The van der Waals surface area contributed by atoms with Crippen LogP contribution in [0.25, 0.3) is 11.1 Å². The van der Waals surface area contributed by atoms with Crippen molar-refractivity contribution in [2.24, 2.45) is 0 Å². The number of hydrogen-bond donors (Lipinski definition) is 0. The fourth-order valence-corrected chi connectivity index (χ4v) is 1.69. The first-order valence-corrected chi connectivity index (χ1v) is 5.62. The Morgan fingerprint density at radius 1 is 1.06 bits per heavy atom. The molecule has 0 fully saturated rings. The van der Waals surface area contributed by atoms with Crippen LogP contribution in [0.3, 0.4) is 0 Å². The first kappa shape index (κ1) is 11.4. The van der Waals surface area contributed by atoms with Gasteiger partial charge in [-0.1, -0.05) is 36.4 Å². The minimum atomic E-state index is 0.660. The van der Waals surface area contributed by atoms with Gasteiger partial charge in [0.05, 0.1) is 6.61 Å². The van der Waals surface area contributed by atoms with Crippen LogP contribution in [-0.2, 0) is 0 Å². The number of carbonyl (C=O) groups is 1. The summed E-state index contributed by atoms with van der Waals surface area (Å²) in [5.74, 6) is 0.865. The number of carbonyl (C=O) groups excluding carboxylic acids is 1. The van der Waals surface area contributed by atoms with Crippen LogP contribution in [-0.4, -0.2) is 12.9 Å². The van der Waals surface area contributed by atoms with Crippen LogP contribution in [0.15, 0.2) is 48.5 Å².